The molecule has 0 spiro atoms. The van der Waals surface area contributed by atoms with E-state index in [4.69, 9.17) is 28.2 Å². The fourth-order valence-electron chi connectivity index (χ4n) is 3.23. The number of carbonyl (C=O) groups excluding carboxylic acids is 1. The maximum Gasteiger partial charge on any atom is 0.254 e. The predicted octanol–water partition coefficient (Wildman–Crippen LogP) is 5.66. The third-order valence-corrected chi connectivity index (χ3v) is 4.89. The molecule has 6 heteroatoms. The van der Waals surface area contributed by atoms with Crippen molar-refractivity contribution in [3.63, 3.8) is 0 Å². The lowest BCUT2D eigenvalue weighted by molar-refractivity contribution is 0.0716. The Balaban J connectivity index is 1.96. The van der Waals surface area contributed by atoms with Crippen molar-refractivity contribution in [1.29, 1.82) is 0 Å². The van der Waals surface area contributed by atoms with Crippen molar-refractivity contribution in [2.24, 2.45) is 5.92 Å². The summed E-state index contributed by atoms with van der Waals surface area (Å²) in [5, 5.41) is 1.30. The lowest BCUT2D eigenvalue weighted by atomic mass is 10.1. The summed E-state index contributed by atoms with van der Waals surface area (Å²) in [6.45, 7) is 8.13. The van der Waals surface area contributed by atoms with Crippen LogP contribution in [0.4, 0.5) is 0 Å². The molecule has 0 fully saturated rings. The number of benzene rings is 2. The summed E-state index contributed by atoms with van der Waals surface area (Å²) in [7, 11) is 0. The van der Waals surface area contributed by atoms with Crippen molar-refractivity contribution in [2.75, 3.05) is 6.54 Å². The molecule has 1 heterocycles. The number of amides is 1. The number of carbonyl (C=O) groups is 1. The van der Waals surface area contributed by atoms with Crippen LogP contribution in [0.15, 0.2) is 42.5 Å². The quantitative estimate of drug-likeness (QED) is 0.532. The van der Waals surface area contributed by atoms with E-state index in [-0.39, 0.29) is 5.91 Å². The summed E-state index contributed by atoms with van der Waals surface area (Å²) in [5.74, 6) is 1.18. The van der Waals surface area contributed by atoms with E-state index in [0.29, 0.717) is 34.6 Å². The maximum absolute atomic E-state index is 13.1. The zero-order valence-electron chi connectivity index (χ0n) is 15.7. The van der Waals surface area contributed by atoms with Gasteiger partial charge >= 0.3 is 0 Å². The summed E-state index contributed by atoms with van der Waals surface area (Å²) >= 11 is 12.1. The number of aryl methyl sites for hydroxylation is 1. The van der Waals surface area contributed by atoms with Crippen molar-refractivity contribution < 1.29 is 4.79 Å². The highest BCUT2D eigenvalue weighted by atomic mass is 35.5. The molecule has 0 atom stereocenters. The highest BCUT2D eigenvalue weighted by Gasteiger charge is 2.20. The van der Waals surface area contributed by atoms with Gasteiger partial charge in [0.1, 0.15) is 5.82 Å². The summed E-state index contributed by atoms with van der Waals surface area (Å²) in [4.78, 5) is 19.7. The number of hydrogen-bond donors (Lipinski definition) is 0. The normalized spacial score (nSPS) is 11.3. The molecule has 2 aromatic carbocycles. The van der Waals surface area contributed by atoms with E-state index in [0.717, 1.165) is 23.4 Å². The summed E-state index contributed by atoms with van der Waals surface area (Å²) in [6, 6.07) is 12.7. The van der Waals surface area contributed by atoms with Gasteiger partial charge in [0, 0.05) is 28.7 Å². The van der Waals surface area contributed by atoms with Gasteiger partial charge in [-0.05, 0) is 55.3 Å². The van der Waals surface area contributed by atoms with E-state index in [2.05, 4.69) is 25.3 Å². The second kappa shape index (κ2) is 8.32. The number of rotatable bonds is 6. The molecule has 4 nitrogen and oxygen atoms in total. The maximum atomic E-state index is 13.1. The van der Waals surface area contributed by atoms with Gasteiger partial charge in [-0.25, -0.2) is 4.98 Å². The molecule has 1 amide bonds. The van der Waals surface area contributed by atoms with Crippen molar-refractivity contribution in [1.82, 2.24) is 14.5 Å². The minimum Gasteiger partial charge on any atom is -0.331 e. The highest BCUT2D eigenvalue weighted by Crippen LogP contribution is 2.22. The predicted molar refractivity (Wildman–Crippen MR) is 111 cm³/mol. The van der Waals surface area contributed by atoms with Crippen LogP contribution in [0.1, 0.15) is 37.0 Å². The topological polar surface area (TPSA) is 38.1 Å². The molecular weight excluding hydrogens is 381 g/mol. The molecule has 0 saturated carbocycles. The Morgan fingerprint density at radius 2 is 1.78 bits per heavy atom. The third kappa shape index (κ3) is 4.45. The number of fused-ring (bicyclic) bond motifs is 1. The Labute approximate surface area is 169 Å². The Morgan fingerprint density at radius 3 is 2.41 bits per heavy atom. The fourth-order valence-corrected chi connectivity index (χ4v) is 3.52. The van der Waals surface area contributed by atoms with Crippen LogP contribution in [0, 0.1) is 5.92 Å². The van der Waals surface area contributed by atoms with Crippen molar-refractivity contribution in [3.8, 4) is 0 Å². The minimum atomic E-state index is -0.0203. The number of hydrogen-bond acceptors (Lipinski definition) is 2. The summed E-state index contributed by atoms with van der Waals surface area (Å²) in [6.07, 6.45) is 0. The van der Waals surface area contributed by atoms with Crippen LogP contribution >= 0.6 is 23.2 Å². The molecule has 0 aliphatic heterocycles. The molecule has 1 aromatic heterocycles. The van der Waals surface area contributed by atoms with Crippen LogP contribution in [0.2, 0.25) is 10.0 Å². The van der Waals surface area contributed by atoms with Crippen LogP contribution in [0.25, 0.3) is 11.0 Å². The second-order valence-electron chi connectivity index (χ2n) is 6.99. The highest BCUT2D eigenvalue weighted by molar-refractivity contribution is 6.31. The van der Waals surface area contributed by atoms with Crippen molar-refractivity contribution in [2.45, 2.75) is 33.9 Å². The average Bonchev–Trinajstić information content (AvgIpc) is 2.97. The smallest absolute Gasteiger partial charge is 0.254 e. The molecule has 3 aromatic rings. The van der Waals surface area contributed by atoms with Gasteiger partial charge < -0.3 is 9.47 Å². The van der Waals surface area contributed by atoms with Crippen LogP contribution in [0.3, 0.4) is 0 Å². The minimum absolute atomic E-state index is 0.0203. The SMILES string of the molecule is CCn1c(CN(CC(C)C)C(=O)c2ccc(Cl)cc2)nc2ccc(Cl)cc21. The van der Waals surface area contributed by atoms with Gasteiger partial charge in [0.15, 0.2) is 0 Å². The molecule has 3 rings (SSSR count). The summed E-state index contributed by atoms with van der Waals surface area (Å²) in [5.41, 5.74) is 2.50. The van der Waals surface area contributed by atoms with E-state index in [9.17, 15) is 4.79 Å². The molecule has 0 aliphatic rings. The van der Waals surface area contributed by atoms with Gasteiger partial charge in [0.05, 0.1) is 17.6 Å². The van der Waals surface area contributed by atoms with Gasteiger partial charge in [0.2, 0.25) is 0 Å². The Hall–Kier alpha value is -2.04. The summed E-state index contributed by atoms with van der Waals surface area (Å²) < 4.78 is 2.11. The molecule has 27 heavy (non-hydrogen) atoms. The third-order valence-electron chi connectivity index (χ3n) is 4.40. The Kier molecular flexibility index (Phi) is 6.08. The van der Waals surface area contributed by atoms with Gasteiger partial charge in [-0.2, -0.15) is 0 Å². The zero-order chi connectivity index (χ0) is 19.6. The monoisotopic (exact) mass is 403 g/mol. The first kappa shape index (κ1) is 19.7. The van der Waals surface area contributed by atoms with Crippen LogP contribution in [-0.2, 0) is 13.1 Å². The number of aromatic nitrogens is 2. The largest absolute Gasteiger partial charge is 0.331 e. The molecule has 0 saturated heterocycles. The van der Waals surface area contributed by atoms with Crippen molar-refractivity contribution in [3.05, 3.63) is 63.9 Å². The molecule has 0 unspecified atom stereocenters. The van der Waals surface area contributed by atoms with E-state index in [1.807, 2.05) is 23.1 Å². The van der Waals surface area contributed by atoms with Gasteiger partial charge in [-0.1, -0.05) is 37.0 Å². The molecule has 0 aliphatic carbocycles. The average molecular weight is 404 g/mol. The Bertz CT molecular complexity index is 948. The van der Waals surface area contributed by atoms with Crippen LogP contribution in [-0.4, -0.2) is 26.9 Å². The second-order valence-corrected chi connectivity index (χ2v) is 7.86. The number of nitrogens with zero attached hydrogens (tertiary/aromatic N) is 3. The molecule has 0 radical (unpaired) electrons. The van der Waals surface area contributed by atoms with Gasteiger partial charge in [0.25, 0.3) is 5.91 Å². The molecule has 0 bridgehead atoms. The first-order valence-electron chi connectivity index (χ1n) is 9.08. The van der Waals surface area contributed by atoms with E-state index in [1.54, 1.807) is 24.3 Å². The van der Waals surface area contributed by atoms with Crippen molar-refractivity contribution >= 4 is 40.1 Å². The first-order chi connectivity index (χ1) is 12.9. The Morgan fingerprint density at radius 1 is 1.11 bits per heavy atom. The van der Waals surface area contributed by atoms with E-state index >= 15 is 0 Å². The van der Waals surface area contributed by atoms with E-state index in [1.165, 1.54) is 0 Å². The first-order valence-corrected chi connectivity index (χ1v) is 9.84. The number of halogens is 2. The molecule has 0 N–H and O–H groups in total. The van der Waals surface area contributed by atoms with Crippen LogP contribution in [0.5, 0.6) is 0 Å². The fraction of sp³-hybridized carbons (Fsp3) is 0.333. The van der Waals surface area contributed by atoms with Crippen LogP contribution < -0.4 is 0 Å². The van der Waals surface area contributed by atoms with E-state index < -0.39 is 0 Å². The number of imidazole rings is 1. The molecule has 142 valence electrons. The lowest BCUT2D eigenvalue weighted by Crippen LogP contribution is -2.34. The lowest BCUT2D eigenvalue weighted by Gasteiger charge is -2.25. The zero-order valence-corrected chi connectivity index (χ0v) is 17.3. The van der Waals surface area contributed by atoms with Gasteiger partial charge in [-0.3, -0.25) is 4.79 Å². The van der Waals surface area contributed by atoms with Gasteiger partial charge in [-0.15, -0.1) is 0 Å². The standard InChI is InChI=1S/C21H23Cl2N3O/c1-4-26-19-11-17(23)9-10-18(19)24-20(26)13-25(12-14(2)3)21(27)15-5-7-16(22)8-6-15/h5-11,14H,4,12-13H2,1-3H3. The molecular formula is C21H23Cl2N3O.